The molecule has 1 saturated carbocycles. The van der Waals surface area contributed by atoms with E-state index >= 15 is 0 Å². The number of nitrogens with zero attached hydrogens (tertiary/aromatic N) is 2. The molecule has 4 rings (SSSR count). The van der Waals surface area contributed by atoms with Crippen LogP contribution in [-0.2, 0) is 26.2 Å². The zero-order valence-corrected chi connectivity index (χ0v) is 30.0. The summed E-state index contributed by atoms with van der Waals surface area (Å²) in [6.45, 7) is 3.50. The third-order valence-corrected chi connectivity index (χ3v) is 10.8. The molecule has 0 aromatic heterocycles. The average Bonchev–Trinajstić information content (AvgIpc) is 3.09. The molecule has 1 atom stereocenters. The number of anilines is 1. The Morgan fingerprint density at radius 2 is 1.58 bits per heavy atom. The second-order valence-corrected chi connectivity index (χ2v) is 14.2. The van der Waals surface area contributed by atoms with Gasteiger partial charge < -0.3 is 24.4 Å². The molecule has 260 valence electrons. The smallest absolute Gasteiger partial charge is 0.264 e. The highest BCUT2D eigenvalue weighted by Gasteiger charge is 2.35. The van der Waals surface area contributed by atoms with E-state index in [1.165, 1.54) is 37.3 Å². The highest BCUT2D eigenvalue weighted by molar-refractivity contribution is 7.92. The van der Waals surface area contributed by atoms with Gasteiger partial charge in [0.15, 0.2) is 11.5 Å². The fraction of sp³-hybridized carbons (Fsp3) is 0.429. The number of ether oxygens (including phenoxy) is 3. The number of nitrogens with one attached hydrogen (secondary N) is 1. The minimum absolute atomic E-state index is 0.000159. The van der Waals surface area contributed by atoms with E-state index in [-0.39, 0.29) is 34.8 Å². The van der Waals surface area contributed by atoms with Gasteiger partial charge in [-0.05, 0) is 80.3 Å². The Morgan fingerprint density at radius 1 is 0.896 bits per heavy atom. The fourth-order valence-electron chi connectivity index (χ4n) is 5.81. The molecule has 1 N–H and O–H groups in total. The van der Waals surface area contributed by atoms with Gasteiger partial charge in [-0.15, -0.1) is 0 Å². The van der Waals surface area contributed by atoms with Crippen LogP contribution < -0.4 is 23.8 Å². The van der Waals surface area contributed by atoms with Crippen LogP contribution in [0.25, 0.3) is 0 Å². The quantitative estimate of drug-likeness (QED) is 0.183. The third-order valence-electron chi connectivity index (χ3n) is 8.33. The lowest BCUT2D eigenvalue weighted by atomic mass is 9.95. The monoisotopic (exact) mass is 719 g/mol. The molecule has 1 aliphatic carbocycles. The van der Waals surface area contributed by atoms with Crippen molar-refractivity contribution in [2.24, 2.45) is 0 Å². The second-order valence-electron chi connectivity index (χ2n) is 11.5. The van der Waals surface area contributed by atoms with Crippen molar-refractivity contribution < 1.29 is 32.2 Å². The Hall–Kier alpha value is -3.67. The van der Waals surface area contributed by atoms with Crippen molar-refractivity contribution in [2.45, 2.75) is 75.9 Å². The molecule has 1 aliphatic rings. The predicted octanol–water partition coefficient (Wildman–Crippen LogP) is 6.86. The molecule has 2 amide bonds. The van der Waals surface area contributed by atoms with Crippen molar-refractivity contribution in [3.05, 3.63) is 76.3 Å². The molecule has 0 unspecified atom stereocenters. The summed E-state index contributed by atoms with van der Waals surface area (Å²) in [5, 5.41) is 3.79. The average molecular weight is 721 g/mol. The molecule has 0 radical (unpaired) electrons. The summed E-state index contributed by atoms with van der Waals surface area (Å²) in [6.07, 6.45) is 5.23. The fourth-order valence-corrected chi connectivity index (χ4v) is 7.56. The third kappa shape index (κ3) is 9.06. The predicted molar refractivity (Wildman–Crippen MR) is 188 cm³/mol. The Labute approximate surface area is 293 Å². The maximum Gasteiger partial charge on any atom is 0.264 e. The van der Waals surface area contributed by atoms with Crippen molar-refractivity contribution >= 4 is 50.7 Å². The Bertz CT molecular complexity index is 1670. The minimum Gasteiger partial charge on any atom is -0.494 e. The summed E-state index contributed by atoms with van der Waals surface area (Å²) in [4.78, 5) is 29.6. The number of sulfonamides is 1. The van der Waals surface area contributed by atoms with E-state index < -0.39 is 28.5 Å². The van der Waals surface area contributed by atoms with Crippen LogP contribution in [0.2, 0.25) is 10.0 Å². The SMILES string of the molecule is CCOc1ccc(N(CC(=O)N(Cc2ccc(Cl)c(Cl)c2)[C@H](CC)C(=O)NC2CCCCC2)S(=O)(=O)c2ccc(OC)c(OC)c2)cc1. The zero-order valence-electron chi connectivity index (χ0n) is 27.7. The van der Waals surface area contributed by atoms with Crippen LogP contribution in [0.4, 0.5) is 5.69 Å². The summed E-state index contributed by atoms with van der Waals surface area (Å²) in [5.74, 6) is 0.242. The second kappa shape index (κ2) is 17.1. The molecule has 10 nitrogen and oxygen atoms in total. The molecule has 0 aliphatic heterocycles. The van der Waals surface area contributed by atoms with Crippen LogP contribution in [0.5, 0.6) is 17.2 Å². The number of carbonyl (C=O) groups excluding carboxylic acids is 2. The maximum absolute atomic E-state index is 14.5. The lowest BCUT2D eigenvalue weighted by Gasteiger charge is -2.34. The van der Waals surface area contributed by atoms with Crippen molar-refractivity contribution in [3.63, 3.8) is 0 Å². The van der Waals surface area contributed by atoms with Crippen molar-refractivity contribution in [1.82, 2.24) is 10.2 Å². The van der Waals surface area contributed by atoms with Gasteiger partial charge in [-0.1, -0.05) is 55.5 Å². The number of hydrogen-bond acceptors (Lipinski definition) is 7. The molecule has 0 heterocycles. The topological polar surface area (TPSA) is 114 Å². The first-order chi connectivity index (χ1) is 23.0. The Balaban J connectivity index is 1.76. The van der Waals surface area contributed by atoms with E-state index in [4.69, 9.17) is 37.4 Å². The summed E-state index contributed by atoms with van der Waals surface area (Å²) in [5.41, 5.74) is 0.868. The molecule has 0 spiro atoms. The van der Waals surface area contributed by atoms with Gasteiger partial charge in [0.1, 0.15) is 18.3 Å². The number of benzene rings is 3. The number of hydrogen-bond donors (Lipinski definition) is 1. The van der Waals surface area contributed by atoms with Gasteiger partial charge in [-0.3, -0.25) is 13.9 Å². The van der Waals surface area contributed by atoms with E-state index in [9.17, 15) is 18.0 Å². The summed E-state index contributed by atoms with van der Waals surface area (Å²) >= 11 is 12.5. The lowest BCUT2D eigenvalue weighted by Crippen LogP contribution is -2.54. The summed E-state index contributed by atoms with van der Waals surface area (Å²) < 4.78 is 46.0. The first-order valence-corrected chi connectivity index (χ1v) is 18.2. The molecule has 0 saturated heterocycles. The number of halogens is 2. The first-order valence-electron chi connectivity index (χ1n) is 16.0. The van der Waals surface area contributed by atoms with Crippen LogP contribution in [0.1, 0.15) is 57.9 Å². The maximum atomic E-state index is 14.5. The van der Waals surface area contributed by atoms with Crippen molar-refractivity contribution in [3.8, 4) is 17.2 Å². The zero-order chi connectivity index (χ0) is 34.8. The number of carbonyl (C=O) groups is 2. The molecule has 0 bridgehead atoms. The molecule has 3 aromatic rings. The van der Waals surface area contributed by atoms with E-state index in [1.54, 1.807) is 42.5 Å². The minimum atomic E-state index is -4.36. The van der Waals surface area contributed by atoms with Crippen LogP contribution in [0, 0.1) is 0 Å². The largest absolute Gasteiger partial charge is 0.494 e. The normalized spacial score (nSPS) is 14.1. The van der Waals surface area contributed by atoms with Gasteiger partial charge in [0.2, 0.25) is 11.8 Å². The number of methoxy groups -OCH3 is 2. The van der Waals surface area contributed by atoms with Crippen LogP contribution in [0.15, 0.2) is 65.6 Å². The van der Waals surface area contributed by atoms with Crippen molar-refractivity contribution in [1.29, 1.82) is 0 Å². The molecule has 3 aromatic carbocycles. The molecular weight excluding hydrogens is 677 g/mol. The van der Waals surface area contributed by atoms with Gasteiger partial charge in [0, 0.05) is 18.7 Å². The van der Waals surface area contributed by atoms with Gasteiger partial charge in [0.05, 0.1) is 41.5 Å². The number of amides is 2. The van der Waals surface area contributed by atoms with Gasteiger partial charge in [-0.25, -0.2) is 8.42 Å². The summed E-state index contributed by atoms with van der Waals surface area (Å²) in [6, 6.07) is 14.8. The van der Waals surface area contributed by atoms with E-state index in [1.807, 2.05) is 13.8 Å². The molecule has 13 heteroatoms. The molecule has 48 heavy (non-hydrogen) atoms. The Morgan fingerprint density at radius 3 is 2.19 bits per heavy atom. The number of rotatable bonds is 15. The van der Waals surface area contributed by atoms with Gasteiger partial charge in [-0.2, -0.15) is 0 Å². The highest BCUT2D eigenvalue weighted by atomic mass is 35.5. The van der Waals surface area contributed by atoms with Crippen LogP contribution in [0.3, 0.4) is 0 Å². The molecule has 1 fully saturated rings. The standard InChI is InChI=1S/C35H43Cl2N3O7S/c1-5-31(35(42)38-25-10-8-7-9-11-25)39(22-24-12-18-29(36)30(37)20-24)34(41)23-40(26-13-15-27(16-14-26)47-6-2)48(43,44)28-17-19-32(45-3)33(21-28)46-4/h12-21,25,31H,5-11,22-23H2,1-4H3,(H,38,42)/t31-/m1/s1. The van der Waals surface area contributed by atoms with E-state index in [2.05, 4.69) is 5.32 Å². The Kier molecular flexibility index (Phi) is 13.3. The van der Waals surface area contributed by atoms with Crippen LogP contribution >= 0.6 is 23.2 Å². The van der Waals surface area contributed by atoms with Crippen molar-refractivity contribution in [2.75, 3.05) is 31.7 Å². The lowest BCUT2D eigenvalue weighted by molar-refractivity contribution is -0.140. The molecular formula is C35H43Cl2N3O7S. The highest BCUT2D eigenvalue weighted by Crippen LogP contribution is 2.33. The van der Waals surface area contributed by atoms with Crippen LogP contribution in [-0.4, -0.2) is 64.6 Å². The van der Waals surface area contributed by atoms with E-state index in [0.29, 0.717) is 40.1 Å². The van der Waals surface area contributed by atoms with E-state index in [0.717, 1.165) is 36.4 Å². The first kappa shape index (κ1) is 37.2. The van der Waals surface area contributed by atoms with Gasteiger partial charge in [0.25, 0.3) is 10.0 Å². The van der Waals surface area contributed by atoms with Gasteiger partial charge >= 0.3 is 0 Å². The summed E-state index contributed by atoms with van der Waals surface area (Å²) in [7, 11) is -1.49.